The molecule has 4 aromatic rings. The van der Waals surface area contributed by atoms with Crippen molar-refractivity contribution in [2.24, 2.45) is 5.10 Å². The second kappa shape index (κ2) is 8.49. The minimum Gasteiger partial charge on any atom is -0.288 e. The third-order valence-corrected chi connectivity index (χ3v) is 4.69. The lowest BCUT2D eigenvalue weighted by Gasteiger charge is -2.10. The number of hydrogen-bond donors (Lipinski definition) is 0. The highest BCUT2D eigenvalue weighted by Gasteiger charge is 2.19. The Hall–Kier alpha value is -4.12. The van der Waals surface area contributed by atoms with Gasteiger partial charge >= 0.3 is 5.69 Å². The summed E-state index contributed by atoms with van der Waals surface area (Å²) in [6.07, 6.45) is 1.47. The van der Waals surface area contributed by atoms with Gasteiger partial charge in [-0.05, 0) is 12.5 Å². The molecule has 4 rings (SSSR count). The van der Waals surface area contributed by atoms with E-state index >= 15 is 0 Å². The largest absolute Gasteiger partial charge is 0.368 e. The lowest BCUT2D eigenvalue weighted by atomic mass is 9.99. The summed E-state index contributed by atoms with van der Waals surface area (Å²) in [4.78, 5) is 30.2. The van der Waals surface area contributed by atoms with Crippen molar-refractivity contribution >= 4 is 11.5 Å². The number of carbonyl (C=O) groups excluding carboxylic acids is 1. The molecule has 146 valence electrons. The molecule has 5 heteroatoms. The average molecular weight is 393 g/mol. The molecule has 0 aliphatic heterocycles. The van der Waals surface area contributed by atoms with E-state index in [9.17, 15) is 9.59 Å². The van der Waals surface area contributed by atoms with Gasteiger partial charge in [-0.3, -0.25) is 4.79 Å². The van der Waals surface area contributed by atoms with Crippen LogP contribution in [0.2, 0.25) is 0 Å². The van der Waals surface area contributed by atoms with Gasteiger partial charge in [0.05, 0.1) is 17.0 Å². The third kappa shape index (κ3) is 4.00. The van der Waals surface area contributed by atoms with Gasteiger partial charge in [-0.1, -0.05) is 91.0 Å². The first-order valence-corrected chi connectivity index (χ1v) is 9.53. The molecular formula is C25H19N3O2. The van der Waals surface area contributed by atoms with Crippen LogP contribution in [0, 0.1) is 0 Å². The normalized spacial score (nSPS) is 11.3. The number of benzene rings is 3. The maximum atomic E-state index is 13.3. The maximum absolute atomic E-state index is 13.3. The maximum Gasteiger partial charge on any atom is 0.368 e. The predicted molar refractivity (Wildman–Crippen MR) is 118 cm³/mol. The summed E-state index contributed by atoms with van der Waals surface area (Å²) in [5, 5.41) is 4.41. The van der Waals surface area contributed by atoms with Gasteiger partial charge in [0.2, 0.25) is 0 Å². The molecule has 3 aromatic carbocycles. The second-order valence-electron chi connectivity index (χ2n) is 6.74. The van der Waals surface area contributed by atoms with Gasteiger partial charge in [0.25, 0.3) is 0 Å². The van der Waals surface area contributed by atoms with E-state index in [0.717, 1.165) is 10.2 Å². The Bertz CT molecular complexity index is 1260. The number of ketones is 1. The molecule has 1 heterocycles. The van der Waals surface area contributed by atoms with Gasteiger partial charge in [0, 0.05) is 17.3 Å². The molecule has 0 radical (unpaired) electrons. The zero-order valence-electron chi connectivity index (χ0n) is 16.4. The van der Waals surface area contributed by atoms with E-state index in [4.69, 9.17) is 0 Å². The van der Waals surface area contributed by atoms with Crippen molar-refractivity contribution in [2.75, 3.05) is 0 Å². The molecule has 0 atom stereocenters. The van der Waals surface area contributed by atoms with Crippen LogP contribution < -0.4 is 5.69 Å². The van der Waals surface area contributed by atoms with Crippen LogP contribution in [-0.2, 0) is 0 Å². The molecule has 1 aromatic heterocycles. The van der Waals surface area contributed by atoms with Gasteiger partial charge in [0.15, 0.2) is 5.78 Å². The molecule has 0 spiro atoms. The van der Waals surface area contributed by atoms with Crippen molar-refractivity contribution in [1.82, 2.24) is 9.66 Å². The third-order valence-electron chi connectivity index (χ3n) is 4.69. The number of aromatic nitrogens is 2. The Labute approximate surface area is 174 Å². The lowest BCUT2D eigenvalue weighted by molar-refractivity contribution is 0.103. The molecule has 0 amide bonds. The molecular weight excluding hydrogens is 374 g/mol. The average Bonchev–Trinajstić information content (AvgIpc) is 2.81. The van der Waals surface area contributed by atoms with Crippen LogP contribution in [0.3, 0.4) is 0 Å². The van der Waals surface area contributed by atoms with Crippen LogP contribution in [0.15, 0.2) is 107 Å². The van der Waals surface area contributed by atoms with Crippen molar-refractivity contribution in [1.29, 1.82) is 0 Å². The van der Waals surface area contributed by atoms with Crippen LogP contribution in [0.1, 0.15) is 28.4 Å². The molecule has 0 N–H and O–H groups in total. The van der Waals surface area contributed by atoms with E-state index in [1.165, 1.54) is 6.20 Å². The smallest absolute Gasteiger partial charge is 0.288 e. The van der Waals surface area contributed by atoms with Gasteiger partial charge in [-0.15, -0.1) is 0 Å². The van der Waals surface area contributed by atoms with Gasteiger partial charge in [-0.25, -0.2) is 4.79 Å². The molecule has 0 aliphatic rings. The molecule has 0 saturated heterocycles. The fraction of sp³-hybridized carbons (Fsp3) is 0.0400. The summed E-state index contributed by atoms with van der Waals surface area (Å²) >= 11 is 0. The monoisotopic (exact) mass is 393 g/mol. The summed E-state index contributed by atoms with van der Waals surface area (Å²) < 4.78 is 1.13. The summed E-state index contributed by atoms with van der Waals surface area (Å²) in [6, 6.07) is 27.7. The highest BCUT2D eigenvalue weighted by molar-refractivity contribution is 6.12. The summed E-state index contributed by atoms with van der Waals surface area (Å²) in [5.41, 5.74) is 2.86. The molecule has 0 aliphatic carbocycles. The van der Waals surface area contributed by atoms with Crippen molar-refractivity contribution < 1.29 is 4.79 Å². The van der Waals surface area contributed by atoms with E-state index < -0.39 is 5.69 Å². The van der Waals surface area contributed by atoms with Crippen molar-refractivity contribution in [3.63, 3.8) is 0 Å². The molecule has 5 nitrogen and oxygen atoms in total. The minimum absolute atomic E-state index is 0.219. The molecule has 0 saturated carbocycles. The summed E-state index contributed by atoms with van der Waals surface area (Å²) in [6.45, 7) is 1.81. The Morgan fingerprint density at radius 2 is 1.33 bits per heavy atom. The standard InChI is InChI=1S/C25H19N3O2/c1-18(19-11-5-2-6-12-19)27-28-17-22(24(29)21-15-9-4-10-16-21)23(26-25(28)30)20-13-7-3-8-14-20/h2-17H,1H3/b27-18+. The zero-order valence-corrected chi connectivity index (χ0v) is 16.4. The van der Waals surface area contributed by atoms with Gasteiger partial charge in [-0.2, -0.15) is 14.8 Å². The summed E-state index contributed by atoms with van der Waals surface area (Å²) in [7, 11) is 0. The number of nitrogens with zero attached hydrogens (tertiary/aromatic N) is 3. The molecule has 0 bridgehead atoms. The quantitative estimate of drug-likeness (QED) is 0.373. The number of carbonyl (C=O) groups is 1. The zero-order chi connectivity index (χ0) is 20.9. The fourth-order valence-electron chi connectivity index (χ4n) is 3.14. The Balaban J connectivity index is 1.88. The van der Waals surface area contributed by atoms with Crippen LogP contribution in [0.5, 0.6) is 0 Å². The number of hydrogen-bond acceptors (Lipinski definition) is 4. The SMILES string of the molecule is C/C(=N\n1cc(C(=O)c2ccccc2)c(-c2ccccc2)nc1=O)c1ccccc1. The highest BCUT2D eigenvalue weighted by atomic mass is 16.2. The Morgan fingerprint density at radius 3 is 1.93 bits per heavy atom. The molecule has 30 heavy (non-hydrogen) atoms. The second-order valence-corrected chi connectivity index (χ2v) is 6.74. The van der Waals surface area contributed by atoms with E-state index in [1.807, 2.05) is 73.7 Å². The van der Waals surface area contributed by atoms with Crippen LogP contribution in [0.4, 0.5) is 0 Å². The van der Waals surface area contributed by atoms with E-state index in [1.54, 1.807) is 24.3 Å². The first-order valence-electron chi connectivity index (χ1n) is 9.53. The Kier molecular flexibility index (Phi) is 5.44. The van der Waals surface area contributed by atoms with E-state index in [2.05, 4.69) is 10.1 Å². The minimum atomic E-state index is -0.547. The van der Waals surface area contributed by atoms with Gasteiger partial charge in [0.1, 0.15) is 0 Å². The first-order chi connectivity index (χ1) is 14.6. The Morgan fingerprint density at radius 1 is 0.800 bits per heavy atom. The first kappa shape index (κ1) is 19.2. The van der Waals surface area contributed by atoms with Gasteiger partial charge < -0.3 is 0 Å². The lowest BCUT2D eigenvalue weighted by Crippen LogP contribution is -2.24. The van der Waals surface area contributed by atoms with Crippen molar-refractivity contribution in [2.45, 2.75) is 6.92 Å². The molecule has 0 unspecified atom stereocenters. The van der Waals surface area contributed by atoms with Crippen molar-refractivity contribution in [3.05, 3.63) is 124 Å². The summed E-state index contributed by atoms with van der Waals surface area (Å²) in [5.74, 6) is -0.219. The van der Waals surface area contributed by atoms with Crippen LogP contribution >= 0.6 is 0 Å². The predicted octanol–water partition coefficient (Wildman–Crippen LogP) is 4.41. The van der Waals surface area contributed by atoms with E-state index in [0.29, 0.717) is 28.1 Å². The topological polar surface area (TPSA) is 64.3 Å². The van der Waals surface area contributed by atoms with Crippen LogP contribution in [0.25, 0.3) is 11.3 Å². The van der Waals surface area contributed by atoms with Crippen molar-refractivity contribution in [3.8, 4) is 11.3 Å². The highest BCUT2D eigenvalue weighted by Crippen LogP contribution is 2.22. The number of rotatable bonds is 5. The van der Waals surface area contributed by atoms with E-state index in [-0.39, 0.29) is 5.78 Å². The molecule has 0 fully saturated rings. The fourth-order valence-corrected chi connectivity index (χ4v) is 3.14. The van der Waals surface area contributed by atoms with Crippen LogP contribution in [-0.4, -0.2) is 21.2 Å².